The van der Waals surface area contributed by atoms with Crippen molar-refractivity contribution in [3.63, 3.8) is 0 Å². The molecule has 110 valence electrons. The first kappa shape index (κ1) is 14.9. The largest absolute Gasteiger partial charge is 0.336 e. The molecule has 7 nitrogen and oxygen atoms in total. The molecule has 0 unspecified atom stereocenters. The van der Waals surface area contributed by atoms with Gasteiger partial charge in [0.1, 0.15) is 5.56 Å². The van der Waals surface area contributed by atoms with Crippen molar-refractivity contribution >= 4 is 11.6 Å². The van der Waals surface area contributed by atoms with E-state index in [9.17, 15) is 14.9 Å². The average molecular weight is 288 g/mol. The third kappa shape index (κ3) is 3.35. The van der Waals surface area contributed by atoms with Crippen LogP contribution in [0.5, 0.6) is 0 Å². The molecule has 1 fully saturated rings. The SMILES string of the molecule is Cc1ccc([N+](=O)[O-])c(C(=O)N2CCN(CC#N)CC2)c1. The van der Waals surface area contributed by atoms with E-state index in [0.717, 1.165) is 5.56 Å². The molecule has 1 aromatic carbocycles. The first-order valence-corrected chi connectivity index (χ1v) is 6.66. The molecular formula is C14H16N4O3. The molecule has 0 aliphatic carbocycles. The quantitative estimate of drug-likeness (QED) is 0.473. The smallest absolute Gasteiger partial charge is 0.282 e. The van der Waals surface area contributed by atoms with Crippen LogP contribution in [-0.4, -0.2) is 53.4 Å². The number of hydrogen-bond acceptors (Lipinski definition) is 5. The standard InChI is InChI=1S/C14H16N4O3/c1-11-2-3-13(18(20)21)12(10-11)14(19)17-8-6-16(5-4-15)7-9-17/h2-3,10H,5-9H2,1H3. The van der Waals surface area contributed by atoms with Crippen molar-refractivity contribution < 1.29 is 9.72 Å². The summed E-state index contributed by atoms with van der Waals surface area (Å²) in [5, 5.41) is 19.7. The van der Waals surface area contributed by atoms with Crippen LogP contribution in [-0.2, 0) is 0 Å². The normalized spacial score (nSPS) is 15.5. The summed E-state index contributed by atoms with van der Waals surface area (Å²) in [4.78, 5) is 26.6. The van der Waals surface area contributed by atoms with Crippen molar-refractivity contribution in [3.05, 3.63) is 39.4 Å². The number of hydrogen-bond donors (Lipinski definition) is 0. The first-order valence-electron chi connectivity index (χ1n) is 6.66. The maximum atomic E-state index is 12.5. The molecule has 1 saturated heterocycles. The molecule has 0 saturated carbocycles. The minimum Gasteiger partial charge on any atom is -0.336 e. The summed E-state index contributed by atoms with van der Waals surface area (Å²) in [6, 6.07) is 6.63. The third-order valence-corrected chi connectivity index (χ3v) is 3.53. The van der Waals surface area contributed by atoms with E-state index < -0.39 is 4.92 Å². The van der Waals surface area contributed by atoms with Crippen LogP contribution in [0.4, 0.5) is 5.69 Å². The number of nitro benzene ring substituents is 1. The Hall–Kier alpha value is -2.46. The zero-order valence-corrected chi connectivity index (χ0v) is 11.8. The third-order valence-electron chi connectivity index (χ3n) is 3.53. The van der Waals surface area contributed by atoms with Gasteiger partial charge >= 0.3 is 0 Å². The molecule has 0 N–H and O–H groups in total. The molecular weight excluding hydrogens is 272 g/mol. The van der Waals surface area contributed by atoms with E-state index >= 15 is 0 Å². The van der Waals surface area contributed by atoms with Gasteiger partial charge in [-0.25, -0.2) is 0 Å². The van der Waals surface area contributed by atoms with Gasteiger partial charge in [0.05, 0.1) is 17.5 Å². The lowest BCUT2D eigenvalue weighted by Crippen LogP contribution is -2.48. The van der Waals surface area contributed by atoms with Gasteiger partial charge in [-0.2, -0.15) is 5.26 Å². The maximum absolute atomic E-state index is 12.5. The number of benzene rings is 1. The lowest BCUT2D eigenvalue weighted by molar-refractivity contribution is -0.385. The van der Waals surface area contributed by atoms with Gasteiger partial charge in [-0.05, 0) is 18.6 Å². The Labute approximate surface area is 122 Å². The van der Waals surface area contributed by atoms with Gasteiger partial charge < -0.3 is 4.90 Å². The number of aryl methyl sites for hydroxylation is 1. The van der Waals surface area contributed by atoms with E-state index in [1.54, 1.807) is 24.0 Å². The molecule has 1 heterocycles. The second-order valence-corrected chi connectivity index (χ2v) is 5.00. The Balaban J connectivity index is 2.16. The van der Waals surface area contributed by atoms with Crippen molar-refractivity contribution in [3.8, 4) is 6.07 Å². The monoisotopic (exact) mass is 288 g/mol. The Morgan fingerprint density at radius 2 is 2.05 bits per heavy atom. The minimum absolute atomic E-state index is 0.133. The van der Waals surface area contributed by atoms with Gasteiger partial charge in [0.15, 0.2) is 0 Å². The Morgan fingerprint density at radius 3 is 2.62 bits per heavy atom. The van der Waals surface area contributed by atoms with Crippen LogP contribution in [0.3, 0.4) is 0 Å². The number of nitriles is 1. The zero-order chi connectivity index (χ0) is 15.4. The lowest BCUT2D eigenvalue weighted by Gasteiger charge is -2.33. The van der Waals surface area contributed by atoms with E-state index in [-0.39, 0.29) is 17.2 Å². The van der Waals surface area contributed by atoms with Crippen molar-refractivity contribution in [2.75, 3.05) is 32.7 Å². The van der Waals surface area contributed by atoms with Crippen molar-refractivity contribution in [1.29, 1.82) is 5.26 Å². The number of nitrogens with zero attached hydrogens (tertiary/aromatic N) is 4. The van der Waals surface area contributed by atoms with Crippen molar-refractivity contribution in [2.24, 2.45) is 0 Å². The second kappa shape index (κ2) is 6.33. The highest BCUT2D eigenvalue weighted by Crippen LogP contribution is 2.22. The predicted octanol–water partition coefficient (Wildman–Crippen LogP) is 1.18. The van der Waals surface area contributed by atoms with Crippen molar-refractivity contribution in [2.45, 2.75) is 6.92 Å². The summed E-state index contributed by atoms with van der Waals surface area (Å²) >= 11 is 0. The van der Waals surface area contributed by atoms with Gasteiger partial charge in [0.25, 0.3) is 11.6 Å². The molecule has 1 aliphatic rings. The fourth-order valence-electron chi connectivity index (χ4n) is 2.36. The Morgan fingerprint density at radius 1 is 1.38 bits per heavy atom. The first-order chi connectivity index (χ1) is 10.0. The molecule has 1 aliphatic heterocycles. The van der Waals surface area contributed by atoms with Crippen LogP contribution in [0, 0.1) is 28.4 Å². The van der Waals surface area contributed by atoms with Crippen LogP contribution in [0.15, 0.2) is 18.2 Å². The van der Waals surface area contributed by atoms with Crippen LogP contribution in [0.25, 0.3) is 0 Å². The Bertz CT molecular complexity index is 601. The molecule has 0 aromatic heterocycles. The maximum Gasteiger partial charge on any atom is 0.282 e. The van der Waals surface area contributed by atoms with E-state index in [0.29, 0.717) is 32.7 Å². The van der Waals surface area contributed by atoms with Crippen LogP contribution in [0.1, 0.15) is 15.9 Å². The summed E-state index contributed by atoms with van der Waals surface area (Å²) < 4.78 is 0. The topological polar surface area (TPSA) is 90.5 Å². The molecule has 0 bridgehead atoms. The number of rotatable bonds is 3. The summed E-state index contributed by atoms with van der Waals surface area (Å²) in [5.74, 6) is -0.318. The summed E-state index contributed by atoms with van der Waals surface area (Å²) in [6.07, 6.45) is 0. The summed E-state index contributed by atoms with van der Waals surface area (Å²) in [7, 11) is 0. The Kier molecular flexibility index (Phi) is 4.50. The molecule has 1 aromatic rings. The lowest BCUT2D eigenvalue weighted by atomic mass is 10.1. The average Bonchev–Trinajstić information content (AvgIpc) is 2.47. The van der Waals surface area contributed by atoms with E-state index in [2.05, 4.69) is 6.07 Å². The van der Waals surface area contributed by atoms with Gasteiger partial charge in [-0.15, -0.1) is 0 Å². The fraction of sp³-hybridized carbons (Fsp3) is 0.429. The molecule has 21 heavy (non-hydrogen) atoms. The second-order valence-electron chi connectivity index (χ2n) is 5.00. The van der Waals surface area contributed by atoms with Gasteiger partial charge in [-0.3, -0.25) is 19.8 Å². The number of amides is 1. The minimum atomic E-state index is -0.529. The van der Waals surface area contributed by atoms with Gasteiger partial charge in [0.2, 0.25) is 0 Å². The number of nitro groups is 1. The molecule has 2 rings (SSSR count). The highest BCUT2D eigenvalue weighted by atomic mass is 16.6. The van der Waals surface area contributed by atoms with Crippen molar-refractivity contribution in [1.82, 2.24) is 9.80 Å². The van der Waals surface area contributed by atoms with Crippen LogP contribution in [0.2, 0.25) is 0 Å². The molecule has 0 radical (unpaired) electrons. The van der Waals surface area contributed by atoms with E-state index in [1.807, 2.05) is 4.90 Å². The molecule has 0 atom stereocenters. The summed E-state index contributed by atoms with van der Waals surface area (Å²) in [5.41, 5.74) is 0.783. The molecule has 7 heteroatoms. The predicted molar refractivity (Wildman–Crippen MR) is 75.8 cm³/mol. The number of carbonyl (C=O) groups is 1. The highest BCUT2D eigenvalue weighted by molar-refractivity contribution is 5.98. The molecule has 0 spiro atoms. The van der Waals surface area contributed by atoms with Crippen LogP contribution < -0.4 is 0 Å². The van der Waals surface area contributed by atoms with Gasteiger partial charge in [-0.1, -0.05) is 6.07 Å². The van der Waals surface area contributed by atoms with Crippen LogP contribution >= 0.6 is 0 Å². The zero-order valence-electron chi connectivity index (χ0n) is 11.8. The highest BCUT2D eigenvalue weighted by Gasteiger charge is 2.27. The number of piperazine rings is 1. The number of carbonyl (C=O) groups excluding carboxylic acids is 1. The fourth-order valence-corrected chi connectivity index (χ4v) is 2.36. The van der Waals surface area contributed by atoms with E-state index in [1.165, 1.54) is 6.07 Å². The molecule has 1 amide bonds. The van der Waals surface area contributed by atoms with Gasteiger partial charge in [0, 0.05) is 32.2 Å². The van der Waals surface area contributed by atoms with E-state index in [4.69, 9.17) is 5.26 Å². The summed E-state index contributed by atoms with van der Waals surface area (Å²) in [6.45, 7) is 4.31.